The number of hydrogen-bond acceptors (Lipinski definition) is 2. The predicted molar refractivity (Wildman–Crippen MR) is 88.6 cm³/mol. The van der Waals surface area contributed by atoms with Crippen molar-refractivity contribution in [1.82, 2.24) is 9.55 Å². The number of rotatable bonds is 4. The molecule has 0 spiro atoms. The van der Waals surface area contributed by atoms with Crippen LogP contribution in [0.2, 0.25) is 0 Å². The number of nitrogens with one attached hydrogen (secondary N) is 1. The third-order valence-electron chi connectivity index (χ3n) is 3.71. The standard InChI is InChI=1S/C17H18N2OS/c1-12-3-8-15-16(11-12)19(17(21)18-15)10-9-13-4-6-14(20-2)7-5-13/h3-8,11H,9-10H2,1-2H3,(H,18,21). The minimum atomic E-state index is 0.782. The molecule has 108 valence electrons. The Kier molecular flexibility index (Phi) is 3.80. The van der Waals surface area contributed by atoms with E-state index in [2.05, 4.69) is 46.8 Å². The molecule has 0 aliphatic carbocycles. The van der Waals surface area contributed by atoms with Gasteiger partial charge < -0.3 is 14.3 Å². The lowest BCUT2D eigenvalue weighted by molar-refractivity contribution is 0.414. The Labute approximate surface area is 129 Å². The molecular formula is C17H18N2OS. The quantitative estimate of drug-likeness (QED) is 0.729. The molecule has 2 aromatic carbocycles. The van der Waals surface area contributed by atoms with Crippen molar-refractivity contribution >= 4 is 23.3 Å². The molecule has 0 radical (unpaired) electrons. The largest absolute Gasteiger partial charge is 0.497 e. The van der Waals surface area contributed by atoms with Gasteiger partial charge in [-0.15, -0.1) is 0 Å². The first-order valence-electron chi connectivity index (χ1n) is 6.99. The highest BCUT2D eigenvalue weighted by Gasteiger charge is 2.05. The van der Waals surface area contributed by atoms with Crippen molar-refractivity contribution in [3.63, 3.8) is 0 Å². The van der Waals surface area contributed by atoms with Crippen LogP contribution >= 0.6 is 12.2 Å². The second kappa shape index (κ2) is 5.74. The van der Waals surface area contributed by atoms with Gasteiger partial charge in [-0.05, 0) is 61.0 Å². The predicted octanol–water partition coefficient (Wildman–Crippen LogP) is 4.26. The van der Waals surface area contributed by atoms with Crippen LogP contribution in [-0.2, 0) is 13.0 Å². The molecular weight excluding hydrogens is 280 g/mol. The van der Waals surface area contributed by atoms with Crippen LogP contribution in [0, 0.1) is 11.7 Å². The molecule has 3 rings (SSSR count). The van der Waals surface area contributed by atoms with Gasteiger partial charge in [-0.2, -0.15) is 0 Å². The van der Waals surface area contributed by atoms with E-state index in [1.807, 2.05) is 12.1 Å². The second-order valence-electron chi connectivity index (χ2n) is 5.20. The van der Waals surface area contributed by atoms with E-state index in [-0.39, 0.29) is 0 Å². The number of fused-ring (bicyclic) bond motifs is 1. The average molecular weight is 298 g/mol. The molecule has 0 saturated carbocycles. The summed E-state index contributed by atoms with van der Waals surface area (Å²) in [5.74, 6) is 0.887. The molecule has 1 aromatic heterocycles. The Hall–Kier alpha value is -2.07. The summed E-state index contributed by atoms with van der Waals surface area (Å²) < 4.78 is 8.13. The number of methoxy groups -OCH3 is 1. The first-order valence-corrected chi connectivity index (χ1v) is 7.40. The van der Waals surface area contributed by atoms with E-state index in [1.165, 1.54) is 16.6 Å². The molecule has 0 atom stereocenters. The molecule has 21 heavy (non-hydrogen) atoms. The van der Waals surface area contributed by atoms with Gasteiger partial charge >= 0.3 is 0 Å². The minimum Gasteiger partial charge on any atom is -0.497 e. The van der Waals surface area contributed by atoms with E-state index in [9.17, 15) is 0 Å². The first-order chi connectivity index (χ1) is 10.2. The van der Waals surface area contributed by atoms with E-state index >= 15 is 0 Å². The third kappa shape index (κ3) is 2.85. The third-order valence-corrected chi connectivity index (χ3v) is 4.04. The Morgan fingerprint density at radius 2 is 1.90 bits per heavy atom. The Morgan fingerprint density at radius 1 is 1.14 bits per heavy atom. The van der Waals surface area contributed by atoms with Gasteiger partial charge in [0.25, 0.3) is 0 Å². The molecule has 0 unspecified atom stereocenters. The number of hydrogen-bond donors (Lipinski definition) is 1. The molecule has 0 aliphatic heterocycles. The Bertz CT molecular complexity index is 815. The van der Waals surface area contributed by atoms with E-state index in [0.717, 1.165) is 29.0 Å². The molecule has 3 nitrogen and oxygen atoms in total. The lowest BCUT2D eigenvalue weighted by atomic mass is 10.1. The van der Waals surface area contributed by atoms with Crippen LogP contribution in [0.5, 0.6) is 5.75 Å². The molecule has 1 N–H and O–H groups in total. The zero-order valence-corrected chi connectivity index (χ0v) is 13.0. The van der Waals surface area contributed by atoms with Crippen LogP contribution in [0.1, 0.15) is 11.1 Å². The topological polar surface area (TPSA) is 29.9 Å². The number of aromatic nitrogens is 2. The molecule has 1 heterocycles. The van der Waals surface area contributed by atoms with Crippen LogP contribution in [-0.4, -0.2) is 16.7 Å². The highest BCUT2D eigenvalue weighted by molar-refractivity contribution is 7.71. The summed E-state index contributed by atoms with van der Waals surface area (Å²) >= 11 is 5.44. The van der Waals surface area contributed by atoms with Gasteiger partial charge in [0.1, 0.15) is 5.75 Å². The zero-order chi connectivity index (χ0) is 14.8. The van der Waals surface area contributed by atoms with Gasteiger partial charge in [-0.3, -0.25) is 0 Å². The summed E-state index contributed by atoms with van der Waals surface area (Å²) in [5.41, 5.74) is 4.79. The smallest absolute Gasteiger partial charge is 0.178 e. The van der Waals surface area contributed by atoms with Crippen LogP contribution in [0.3, 0.4) is 0 Å². The SMILES string of the molecule is COc1ccc(CCn2c(=S)[nH]c3ccc(C)cc32)cc1. The monoisotopic (exact) mass is 298 g/mol. The molecule has 0 bridgehead atoms. The maximum atomic E-state index is 5.44. The Morgan fingerprint density at radius 3 is 2.62 bits per heavy atom. The summed E-state index contributed by atoms with van der Waals surface area (Å²) in [6.07, 6.45) is 0.944. The van der Waals surface area contributed by atoms with E-state index in [0.29, 0.717) is 0 Å². The fraction of sp³-hybridized carbons (Fsp3) is 0.235. The summed E-state index contributed by atoms with van der Waals surface area (Å²) in [7, 11) is 1.68. The molecule has 3 aromatic rings. The molecule has 0 aliphatic rings. The second-order valence-corrected chi connectivity index (χ2v) is 5.59. The number of benzene rings is 2. The molecule has 0 saturated heterocycles. The summed E-state index contributed by atoms with van der Waals surface area (Å²) in [6.45, 7) is 2.97. The number of ether oxygens (including phenoxy) is 1. The fourth-order valence-electron chi connectivity index (χ4n) is 2.52. The van der Waals surface area contributed by atoms with Gasteiger partial charge in [-0.1, -0.05) is 18.2 Å². The minimum absolute atomic E-state index is 0.782. The van der Waals surface area contributed by atoms with Crippen molar-refractivity contribution in [2.45, 2.75) is 19.9 Å². The maximum Gasteiger partial charge on any atom is 0.178 e. The zero-order valence-electron chi connectivity index (χ0n) is 12.2. The number of aromatic amines is 1. The summed E-state index contributed by atoms with van der Waals surface area (Å²) in [5, 5.41) is 0. The maximum absolute atomic E-state index is 5.44. The van der Waals surface area contributed by atoms with Crippen molar-refractivity contribution in [3.8, 4) is 5.75 Å². The number of aryl methyl sites for hydroxylation is 3. The van der Waals surface area contributed by atoms with Crippen molar-refractivity contribution < 1.29 is 4.74 Å². The first kappa shape index (κ1) is 13.9. The van der Waals surface area contributed by atoms with Crippen molar-refractivity contribution in [1.29, 1.82) is 0 Å². The number of imidazole rings is 1. The highest BCUT2D eigenvalue weighted by Crippen LogP contribution is 2.17. The van der Waals surface area contributed by atoms with Crippen molar-refractivity contribution in [3.05, 3.63) is 58.4 Å². The van der Waals surface area contributed by atoms with Crippen LogP contribution in [0.15, 0.2) is 42.5 Å². The van der Waals surface area contributed by atoms with E-state index in [1.54, 1.807) is 7.11 Å². The van der Waals surface area contributed by atoms with Gasteiger partial charge in [0.05, 0.1) is 18.1 Å². The van der Waals surface area contributed by atoms with Gasteiger partial charge in [0, 0.05) is 6.54 Å². The Balaban J connectivity index is 1.85. The lowest BCUT2D eigenvalue weighted by Gasteiger charge is -2.06. The molecule has 0 amide bonds. The van der Waals surface area contributed by atoms with Crippen LogP contribution in [0.25, 0.3) is 11.0 Å². The van der Waals surface area contributed by atoms with E-state index < -0.39 is 0 Å². The highest BCUT2D eigenvalue weighted by atomic mass is 32.1. The summed E-state index contributed by atoms with van der Waals surface area (Å²) in [4.78, 5) is 3.27. The number of H-pyrrole nitrogens is 1. The van der Waals surface area contributed by atoms with E-state index in [4.69, 9.17) is 17.0 Å². The van der Waals surface area contributed by atoms with Gasteiger partial charge in [0.15, 0.2) is 4.77 Å². The fourth-order valence-corrected chi connectivity index (χ4v) is 2.82. The average Bonchev–Trinajstić information content (AvgIpc) is 2.80. The number of nitrogens with zero attached hydrogens (tertiary/aromatic N) is 1. The van der Waals surface area contributed by atoms with Gasteiger partial charge in [-0.25, -0.2) is 0 Å². The summed E-state index contributed by atoms with van der Waals surface area (Å²) in [6, 6.07) is 14.6. The molecule has 4 heteroatoms. The molecule has 0 fully saturated rings. The normalized spacial score (nSPS) is 11.0. The van der Waals surface area contributed by atoms with Crippen molar-refractivity contribution in [2.24, 2.45) is 0 Å². The lowest BCUT2D eigenvalue weighted by Crippen LogP contribution is -2.01. The van der Waals surface area contributed by atoms with Gasteiger partial charge in [0.2, 0.25) is 0 Å². The van der Waals surface area contributed by atoms with Crippen LogP contribution < -0.4 is 4.74 Å². The van der Waals surface area contributed by atoms with Crippen LogP contribution in [0.4, 0.5) is 0 Å². The van der Waals surface area contributed by atoms with Crippen molar-refractivity contribution in [2.75, 3.05) is 7.11 Å².